The summed E-state index contributed by atoms with van der Waals surface area (Å²) in [5, 5.41) is 36.6. The fraction of sp³-hybridized carbons (Fsp3) is 0.900. The Balaban J connectivity index is 4.35. The summed E-state index contributed by atoms with van der Waals surface area (Å²) in [4.78, 5) is 22.9. The van der Waals surface area contributed by atoms with E-state index in [2.05, 4.69) is 6.92 Å². The van der Waals surface area contributed by atoms with Crippen molar-refractivity contribution in [2.24, 2.45) is 11.3 Å². The van der Waals surface area contributed by atoms with Gasteiger partial charge in [0.15, 0.2) is 0 Å². The highest BCUT2D eigenvalue weighted by Crippen LogP contribution is 2.22. The van der Waals surface area contributed by atoms with Crippen LogP contribution in [0, 0.1) is 11.3 Å². The molecule has 0 aliphatic carbocycles. The first-order chi connectivity index (χ1) is 12.9. The van der Waals surface area contributed by atoms with Crippen molar-refractivity contribution in [3.8, 4) is 0 Å². The van der Waals surface area contributed by atoms with E-state index < -0.39 is 31.2 Å². The number of carboxylic acids is 1. The molecule has 4 N–H and O–H groups in total. The Hall–Kier alpha value is -1.18. The second-order valence-corrected chi connectivity index (χ2v) is 7.47. The van der Waals surface area contributed by atoms with E-state index in [1.807, 2.05) is 0 Å². The summed E-state index contributed by atoms with van der Waals surface area (Å²) in [6.07, 6.45) is 9.06. The molecule has 0 fully saturated rings. The maximum atomic E-state index is 12.4. The Morgan fingerprint density at radius 2 is 1.37 bits per heavy atom. The average Bonchev–Trinajstić information content (AvgIpc) is 2.67. The van der Waals surface area contributed by atoms with Gasteiger partial charge in [-0.05, 0) is 19.3 Å². The third-order valence-electron chi connectivity index (χ3n) is 4.96. The molecule has 160 valence electrons. The third-order valence-corrected chi connectivity index (χ3v) is 4.96. The van der Waals surface area contributed by atoms with Gasteiger partial charge in [-0.3, -0.25) is 9.59 Å². The van der Waals surface area contributed by atoms with Crippen LogP contribution in [0.15, 0.2) is 0 Å². The molecule has 0 spiro atoms. The fourth-order valence-corrected chi connectivity index (χ4v) is 2.85. The lowest BCUT2D eigenvalue weighted by atomic mass is 9.92. The number of aliphatic hydroxyl groups is 3. The SMILES string of the molecule is CCCCCC(CCCCCCCC(=O)O)C(=O)OCC(CO)(CO)CO. The number of hydrogen-bond donors (Lipinski definition) is 4. The van der Waals surface area contributed by atoms with Gasteiger partial charge in [0, 0.05) is 6.42 Å². The molecule has 0 heterocycles. The van der Waals surface area contributed by atoms with Crippen LogP contribution in [0.5, 0.6) is 0 Å². The minimum atomic E-state index is -1.20. The van der Waals surface area contributed by atoms with Crippen LogP contribution in [0.4, 0.5) is 0 Å². The standard InChI is InChI=1S/C20H38O7/c1-2-3-7-10-17(11-8-5-4-6-9-12-18(24)25)19(26)27-16-20(13-21,14-22)15-23/h17,21-23H,2-16H2,1H3,(H,24,25). The number of carbonyl (C=O) groups excluding carboxylic acids is 1. The summed E-state index contributed by atoms with van der Waals surface area (Å²) < 4.78 is 5.31. The molecule has 0 bridgehead atoms. The highest BCUT2D eigenvalue weighted by molar-refractivity contribution is 5.72. The lowest BCUT2D eigenvalue weighted by Crippen LogP contribution is -2.40. The first-order valence-corrected chi connectivity index (χ1v) is 10.2. The number of aliphatic carboxylic acids is 1. The van der Waals surface area contributed by atoms with E-state index in [1.165, 1.54) is 0 Å². The smallest absolute Gasteiger partial charge is 0.308 e. The predicted molar refractivity (Wildman–Crippen MR) is 102 cm³/mol. The zero-order valence-corrected chi connectivity index (χ0v) is 16.7. The van der Waals surface area contributed by atoms with E-state index in [0.717, 1.165) is 51.4 Å². The van der Waals surface area contributed by atoms with Crippen molar-refractivity contribution in [3.05, 3.63) is 0 Å². The van der Waals surface area contributed by atoms with Crippen molar-refractivity contribution >= 4 is 11.9 Å². The summed E-state index contributed by atoms with van der Waals surface area (Å²) in [5.41, 5.74) is -1.20. The average molecular weight is 391 g/mol. The van der Waals surface area contributed by atoms with Gasteiger partial charge in [-0.2, -0.15) is 0 Å². The molecule has 0 radical (unpaired) electrons. The molecule has 0 rings (SSSR count). The highest BCUT2D eigenvalue weighted by Gasteiger charge is 2.31. The predicted octanol–water partition coefficient (Wildman–Crippen LogP) is 2.50. The normalized spacial score (nSPS) is 12.7. The van der Waals surface area contributed by atoms with Crippen LogP contribution in [-0.2, 0) is 14.3 Å². The molecule has 0 aliphatic heterocycles. The molecule has 0 saturated carbocycles. The van der Waals surface area contributed by atoms with Crippen molar-refractivity contribution < 1.29 is 34.8 Å². The Bertz CT molecular complexity index is 386. The van der Waals surface area contributed by atoms with Crippen LogP contribution < -0.4 is 0 Å². The Labute approximate surface area is 162 Å². The van der Waals surface area contributed by atoms with Crippen molar-refractivity contribution in [2.45, 2.75) is 77.6 Å². The molecule has 7 heteroatoms. The summed E-state index contributed by atoms with van der Waals surface area (Å²) >= 11 is 0. The van der Waals surface area contributed by atoms with Crippen molar-refractivity contribution in [1.29, 1.82) is 0 Å². The van der Waals surface area contributed by atoms with E-state index in [-0.39, 0.29) is 24.9 Å². The van der Waals surface area contributed by atoms with Gasteiger partial charge < -0.3 is 25.2 Å². The van der Waals surface area contributed by atoms with Gasteiger partial charge in [0.05, 0.1) is 31.2 Å². The van der Waals surface area contributed by atoms with Gasteiger partial charge in [-0.25, -0.2) is 0 Å². The van der Waals surface area contributed by atoms with Crippen LogP contribution >= 0.6 is 0 Å². The molecular formula is C20H38O7. The highest BCUT2D eigenvalue weighted by atomic mass is 16.5. The van der Waals surface area contributed by atoms with E-state index in [9.17, 15) is 24.9 Å². The molecule has 1 atom stereocenters. The first kappa shape index (κ1) is 25.8. The van der Waals surface area contributed by atoms with E-state index >= 15 is 0 Å². The molecule has 7 nitrogen and oxygen atoms in total. The number of rotatable bonds is 18. The minimum absolute atomic E-state index is 0.200. The molecule has 0 amide bonds. The molecule has 0 aromatic rings. The molecular weight excluding hydrogens is 352 g/mol. The van der Waals surface area contributed by atoms with Crippen molar-refractivity contribution in [2.75, 3.05) is 26.4 Å². The minimum Gasteiger partial charge on any atom is -0.481 e. The summed E-state index contributed by atoms with van der Waals surface area (Å²) in [6.45, 7) is 0.537. The topological polar surface area (TPSA) is 124 Å². The van der Waals surface area contributed by atoms with Crippen LogP contribution in [-0.4, -0.2) is 58.8 Å². The molecule has 27 heavy (non-hydrogen) atoms. The summed E-state index contributed by atoms with van der Waals surface area (Å²) in [6, 6.07) is 0. The second-order valence-electron chi connectivity index (χ2n) is 7.47. The van der Waals surface area contributed by atoms with Gasteiger partial charge >= 0.3 is 11.9 Å². The number of carbonyl (C=O) groups is 2. The number of unbranched alkanes of at least 4 members (excludes halogenated alkanes) is 6. The van der Waals surface area contributed by atoms with Gasteiger partial charge in [0.2, 0.25) is 0 Å². The largest absolute Gasteiger partial charge is 0.481 e. The van der Waals surface area contributed by atoms with E-state index in [0.29, 0.717) is 12.8 Å². The lowest BCUT2D eigenvalue weighted by molar-refractivity contribution is -0.156. The summed E-state index contributed by atoms with van der Waals surface area (Å²) in [5.74, 6) is -1.32. The van der Waals surface area contributed by atoms with E-state index in [4.69, 9.17) is 9.84 Å². The maximum Gasteiger partial charge on any atom is 0.308 e. The van der Waals surface area contributed by atoms with Gasteiger partial charge in [-0.1, -0.05) is 51.9 Å². The molecule has 0 aromatic heterocycles. The van der Waals surface area contributed by atoms with E-state index in [1.54, 1.807) is 0 Å². The van der Waals surface area contributed by atoms with Gasteiger partial charge in [0.25, 0.3) is 0 Å². The second kappa shape index (κ2) is 15.8. The monoisotopic (exact) mass is 390 g/mol. The number of esters is 1. The summed E-state index contributed by atoms with van der Waals surface area (Å²) in [7, 11) is 0. The van der Waals surface area contributed by atoms with Crippen molar-refractivity contribution in [3.63, 3.8) is 0 Å². The number of carboxylic acid groups (broad SMARTS) is 1. The van der Waals surface area contributed by atoms with Gasteiger partial charge in [-0.15, -0.1) is 0 Å². The zero-order chi connectivity index (χ0) is 20.5. The Morgan fingerprint density at radius 1 is 0.852 bits per heavy atom. The Morgan fingerprint density at radius 3 is 1.89 bits per heavy atom. The van der Waals surface area contributed by atoms with Crippen molar-refractivity contribution in [1.82, 2.24) is 0 Å². The number of aliphatic hydroxyl groups excluding tert-OH is 3. The number of hydrogen-bond acceptors (Lipinski definition) is 6. The lowest BCUT2D eigenvalue weighted by Gasteiger charge is -2.27. The molecule has 1 unspecified atom stereocenters. The maximum absolute atomic E-state index is 12.4. The molecule has 0 aromatic carbocycles. The van der Waals surface area contributed by atoms with Crippen LogP contribution in [0.3, 0.4) is 0 Å². The fourth-order valence-electron chi connectivity index (χ4n) is 2.85. The Kier molecular flexibility index (Phi) is 15.1. The van der Waals surface area contributed by atoms with Gasteiger partial charge in [0.1, 0.15) is 6.61 Å². The number of ether oxygens (including phenoxy) is 1. The first-order valence-electron chi connectivity index (χ1n) is 10.2. The van der Waals surface area contributed by atoms with Crippen LogP contribution in [0.1, 0.15) is 77.6 Å². The third kappa shape index (κ3) is 12.0. The van der Waals surface area contributed by atoms with Crippen LogP contribution in [0.25, 0.3) is 0 Å². The quantitative estimate of drug-likeness (QED) is 0.209. The van der Waals surface area contributed by atoms with Crippen LogP contribution in [0.2, 0.25) is 0 Å². The zero-order valence-electron chi connectivity index (χ0n) is 16.7. The molecule has 0 aliphatic rings. The molecule has 0 saturated heterocycles.